The van der Waals surface area contributed by atoms with Crippen molar-refractivity contribution in [1.82, 2.24) is 0 Å². The molecule has 2 aromatic rings. The lowest BCUT2D eigenvalue weighted by Gasteiger charge is -2.43. The Morgan fingerprint density at radius 1 is 0.944 bits per heavy atom. The molecule has 5 rings (SSSR count). The number of benzene rings is 1. The lowest BCUT2D eigenvalue weighted by Crippen LogP contribution is -2.38. The van der Waals surface area contributed by atoms with Crippen LogP contribution in [-0.4, -0.2) is 22.6 Å². The topological polar surface area (TPSA) is 93.8 Å². The van der Waals surface area contributed by atoms with Crippen molar-refractivity contribution in [3.8, 4) is 0 Å². The van der Waals surface area contributed by atoms with Gasteiger partial charge in [-0.1, -0.05) is 27.7 Å². The van der Waals surface area contributed by atoms with Crippen LogP contribution in [0.5, 0.6) is 0 Å². The van der Waals surface area contributed by atoms with Gasteiger partial charge in [-0.05, 0) is 54.4 Å². The summed E-state index contributed by atoms with van der Waals surface area (Å²) in [6.45, 7) is 12.1. The fourth-order valence-electron chi connectivity index (χ4n) is 6.30. The van der Waals surface area contributed by atoms with E-state index >= 15 is 0 Å². The van der Waals surface area contributed by atoms with Crippen molar-refractivity contribution in [3.05, 3.63) is 57.2 Å². The van der Waals surface area contributed by atoms with Crippen LogP contribution in [-0.2, 0) is 25.5 Å². The number of hydrogen-bond acceptors (Lipinski definition) is 5. The highest BCUT2D eigenvalue weighted by molar-refractivity contribution is 6.07. The normalized spacial score (nSPS) is 21.5. The second kappa shape index (κ2) is 8.19. The van der Waals surface area contributed by atoms with E-state index in [-0.39, 0.29) is 28.8 Å². The molecule has 0 unspecified atom stereocenters. The number of carbonyl (C=O) groups is 3. The first-order chi connectivity index (χ1) is 16.8. The van der Waals surface area contributed by atoms with E-state index in [1.165, 1.54) is 0 Å². The zero-order chi connectivity index (χ0) is 26.2. The highest BCUT2D eigenvalue weighted by atomic mass is 16.5. The molecule has 3 aliphatic rings. The third-order valence-electron chi connectivity index (χ3n) is 7.82. The van der Waals surface area contributed by atoms with Crippen LogP contribution in [0.4, 0.5) is 0 Å². The molecule has 1 aromatic heterocycles. The number of carbonyl (C=O) groups excluding carboxylic acids is 2. The first-order valence-corrected chi connectivity index (χ1v) is 12.7. The highest BCUT2D eigenvalue weighted by Crippen LogP contribution is 2.55. The minimum atomic E-state index is -0.866. The van der Waals surface area contributed by atoms with Crippen molar-refractivity contribution in [3.63, 3.8) is 0 Å². The first-order valence-electron chi connectivity index (χ1n) is 12.7. The summed E-state index contributed by atoms with van der Waals surface area (Å²) in [6, 6.07) is 3.92. The molecule has 6 heteroatoms. The standard InChI is InChI=1S/C30H34O6/c1-15-9-18-10-17(7-8-23(33)34)16(2)24(28(18)35-15)27-25-19(31)11-29(3,4)13-21(25)36-22-14-30(5,6)12-20(32)26(22)27/h9-10,27H,7-8,11-14H2,1-6H3,(H,33,34). The van der Waals surface area contributed by atoms with E-state index in [1.54, 1.807) is 0 Å². The molecule has 36 heavy (non-hydrogen) atoms. The number of furan rings is 1. The molecule has 6 nitrogen and oxygen atoms in total. The number of allylic oxidation sites excluding steroid dienone is 4. The summed E-state index contributed by atoms with van der Waals surface area (Å²) in [7, 11) is 0. The summed E-state index contributed by atoms with van der Waals surface area (Å²) in [4.78, 5) is 38.8. The van der Waals surface area contributed by atoms with Crippen LogP contribution >= 0.6 is 0 Å². The van der Waals surface area contributed by atoms with E-state index in [9.17, 15) is 19.5 Å². The quantitative estimate of drug-likeness (QED) is 0.528. The van der Waals surface area contributed by atoms with E-state index < -0.39 is 11.9 Å². The maximum absolute atomic E-state index is 13.7. The van der Waals surface area contributed by atoms with Crippen LogP contribution in [0.1, 0.15) is 88.2 Å². The molecule has 0 saturated heterocycles. The van der Waals surface area contributed by atoms with Crippen LogP contribution in [0.3, 0.4) is 0 Å². The average molecular weight is 491 g/mol. The lowest BCUT2D eigenvalue weighted by molar-refractivity contribution is -0.137. The van der Waals surface area contributed by atoms with Gasteiger partial charge in [0, 0.05) is 54.2 Å². The molecule has 1 N–H and O–H groups in total. The van der Waals surface area contributed by atoms with Crippen molar-refractivity contribution >= 4 is 28.5 Å². The average Bonchev–Trinajstić information content (AvgIpc) is 3.08. The maximum atomic E-state index is 13.7. The molecule has 2 heterocycles. The van der Waals surface area contributed by atoms with Crippen molar-refractivity contribution in [2.75, 3.05) is 0 Å². The number of aliphatic carboxylic acids is 1. The molecular formula is C30H34O6. The molecule has 190 valence electrons. The van der Waals surface area contributed by atoms with Gasteiger partial charge in [-0.2, -0.15) is 0 Å². The van der Waals surface area contributed by atoms with Gasteiger partial charge >= 0.3 is 5.97 Å². The molecule has 0 radical (unpaired) electrons. The largest absolute Gasteiger partial charge is 0.481 e. The van der Waals surface area contributed by atoms with Gasteiger partial charge < -0.3 is 14.3 Å². The van der Waals surface area contributed by atoms with Crippen LogP contribution < -0.4 is 0 Å². The number of ether oxygens (including phenoxy) is 1. The first kappa shape index (κ1) is 24.5. The van der Waals surface area contributed by atoms with Gasteiger partial charge in [-0.15, -0.1) is 0 Å². The second-order valence-electron chi connectivity index (χ2n) is 12.3. The summed E-state index contributed by atoms with van der Waals surface area (Å²) < 4.78 is 12.6. The molecule has 1 aromatic carbocycles. The third kappa shape index (κ3) is 4.10. The minimum absolute atomic E-state index is 0.00146. The van der Waals surface area contributed by atoms with Crippen molar-refractivity contribution in [2.45, 2.75) is 86.0 Å². The lowest BCUT2D eigenvalue weighted by atomic mass is 9.65. The van der Waals surface area contributed by atoms with Gasteiger partial charge in [0.1, 0.15) is 22.9 Å². The van der Waals surface area contributed by atoms with E-state index in [2.05, 4.69) is 27.7 Å². The number of Topliss-reactive ketones (excluding diaryl/α,β-unsaturated/α-hetero) is 2. The summed E-state index contributed by atoms with van der Waals surface area (Å²) in [5.74, 6) is 0.617. The third-order valence-corrected chi connectivity index (χ3v) is 7.82. The molecule has 0 bridgehead atoms. The van der Waals surface area contributed by atoms with Gasteiger partial charge in [0.15, 0.2) is 11.6 Å². The molecule has 0 atom stereocenters. The highest BCUT2D eigenvalue weighted by Gasteiger charge is 2.49. The van der Waals surface area contributed by atoms with E-state index in [0.717, 1.165) is 27.8 Å². The maximum Gasteiger partial charge on any atom is 0.303 e. The smallest absolute Gasteiger partial charge is 0.303 e. The van der Waals surface area contributed by atoms with Crippen LogP contribution in [0.2, 0.25) is 0 Å². The van der Waals surface area contributed by atoms with Gasteiger partial charge in [-0.3, -0.25) is 14.4 Å². The van der Waals surface area contributed by atoms with E-state index in [0.29, 0.717) is 60.4 Å². The zero-order valence-corrected chi connectivity index (χ0v) is 22.0. The summed E-state index contributed by atoms with van der Waals surface area (Å²) in [6.07, 6.45) is 2.36. The SMILES string of the molecule is Cc1cc2cc(CCC(=O)O)c(C)c(C3C4=C(CC(C)(C)CC4=O)OC4=C3C(=O)CC(C)(C)C4)c2o1. The fraction of sp³-hybridized carbons (Fsp3) is 0.500. The summed E-state index contributed by atoms with van der Waals surface area (Å²) in [5, 5.41) is 10.2. The predicted molar refractivity (Wildman–Crippen MR) is 136 cm³/mol. The summed E-state index contributed by atoms with van der Waals surface area (Å²) in [5.41, 5.74) is 3.88. The number of aryl methyl sites for hydroxylation is 2. The van der Waals surface area contributed by atoms with E-state index in [4.69, 9.17) is 9.15 Å². The van der Waals surface area contributed by atoms with Gasteiger partial charge in [-0.25, -0.2) is 0 Å². The Bertz CT molecular complexity index is 1340. The Balaban J connectivity index is 1.81. The predicted octanol–water partition coefficient (Wildman–Crippen LogP) is 6.47. The van der Waals surface area contributed by atoms with Crippen molar-refractivity contribution < 1.29 is 28.6 Å². The van der Waals surface area contributed by atoms with Crippen molar-refractivity contribution in [1.29, 1.82) is 0 Å². The molecule has 0 fully saturated rings. The van der Waals surface area contributed by atoms with Crippen LogP contribution in [0.15, 0.2) is 39.2 Å². The molecule has 0 spiro atoms. The molecule has 0 amide bonds. The molecule has 2 aliphatic carbocycles. The molecular weight excluding hydrogens is 456 g/mol. The van der Waals surface area contributed by atoms with Gasteiger partial charge in [0.2, 0.25) is 0 Å². The Kier molecular flexibility index (Phi) is 5.58. The number of carboxylic acids is 1. The monoisotopic (exact) mass is 490 g/mol. The Morgan fingerprint density at radius 2 is 1.50 bits per heavy atom. The van der Waals surface area contributed by atoms with Gasteiger partial charge in [0.05, 0.1) is 5.92 Å². The summed E-state index contributed by atoms with van der Waals surface area (Å²) >= 11 is 0. The van der Waals surface area contributed by atoms with E-state index in [1.807, 2.05) is 26.0 Å². The number of fused-ring (bicyclic) bond motifs is 1. The number of rotatable bonds is 4. The minimum Gasteiger partial charge on any atom is -0.481 e. The fourth-order valence-corrected chi connectivity index (χ4v) is 6.30. The van der Waals surface area contributed by atoms with Gasteiger partial charge in [0.25, 0.3) is 0 Å². The van der Waals surface area contributed by atoms with Crippen LogP contribution in [0.25, 0.3) is 11.0 Å². The zero-order valence-electron chi connectivity index (χ0n) is 22.0. The Morgan fingerprint density at radius 3 is 2.03 bits per heavy atom. The van der Waals surface area contributed by atoms with Crippen LogP contribution in [0, 0.1) is 24.7 Å². The van der Waals surface area contributed by atoms with Crippen molar-refractivity contribution in [2.24, 2.45) is 10.8 Å². The number of hydrogen-bond donors (Lipinski definition) is 1. The Hall–Kier alpha value is -3.15. The Labute approximate surface area is 211 Å². The molecule has 0 saturated carbocycles. The number of ketones is 2. The number of carboxylic acid groups (broad SMARTS) is 1. The second-order valence-corrected chi connectivity index (χ2v) is 12.3. The molecule has 1 aliphatic heterocycles.